The van der Waals surface area contributed by atoms with Crippen molar-refractivity contribution in [3.05, 3.63) is 30.1 Å². The van der Waals surface area contributed by atoms with Gasteiger partial charge in [-0.15, -0.1) is 0 Å². The summed E-state index contributed by atoms with van der Waals surface area (Å²) < 4.78 is 0. The number of hydrogen-bond donors (Lipinski definition) is 2. The topological polar surface area (TPSA) is 62.2 Å². The Morgan fingerprint density at radius 1 is 1.56 bits per heavy atom. The van der Waals surface area contributed by atoms with Crippen LogP contribution in [0, 0.1) is 0 Å². The highest BCUT2D eigenvalue weighted by Gasteiger charge is 2.03. The molecule has 1 atom stereocenters. The Morgan fingerprint density at radius 2 is 2.38 bits per heavy atom. The molecule has 2 N–H and O–H groups in total. The maximum atomic E-state index is 11.3. The molecule has 0 saturated heterocycles. The molecule has 88 valence electrons. The molecule has 0 aliphatic rings. The highest BCUT2D eigenvalue weighted by molar-refractivity contribution is 5.75. The second-order valence-electron chi connectivity index (χ2n) is 3.83. The third-order valence-electron chi connectivity index (χ3n) is 2.16. The number of nitrogens with one attached hydrogen (secondary N) is 1. The molecule has 0 aliphatic carbocycles. The van der Waals surface area contributed by atoms with Crippen LogP contribution in [-0.4, -0.2) is 28.6 Å². The van der Waals surface area contributed by atoms with Crippen LogP contribution in [0.25, 0.3) is 0 Å². The molecule has 4 nitrogen and oxygen atoms in total. The Labute approximate surface area is 95.7 Å². The van der Waals surface area contributed by atoms with Crippen molar-refractivity contribution in [1.29, 1.82) is 0 Å². The quantitative estimate of drug-likeness (QED) is 0.751. The second-order valence-corrected chi connectivity index (χ2v) is 3.83. The zero-order valence-corrected chi connectivity index (χ0v) is 9.52. The average molecular weight is 222 g/mol. The maximum absolute atomic E-state index is 11.3. The average Bonchev–Trinajstić information content (AvgIpc) is 2.28. The molecule has 0 radical (unpaired) electrons. The molecule has 1 unspecified atom stereocenters. The Balaban J connectivity index is 2.13. The molecule has 1 amide bonds. The van der Waals surface area contributed by atoms with Crippen LogP contribution in [0.3, 0.4) is 0 Å². The van der Waals surface area contributed by atoms with E-state index < -0.39 is 6.10 Å². The van der Waals surface area contributed by atoms with E-state index in [0.29, 0.717) is 13.0 Å². The van der Waals surface area contributed by atoms with E-state index in [1.165, 1.54) is 0 Å². The third-order valence-corrected chi connectivity index (χ3v) is 2.16. The number of aryl methyl sites for hydroxylation is 1. The first-order valence-corrected chi connectivity index (χ1v) is 5.53. The summed E-state index contributed by atoms with van der Waals surface area (Å²) >= 11 is 0. The first kappa shape index (κ1) is 12.6. The lowest BCUT2D eigenvalue weighted by atomic mass is 10.1. The highest BCUT2D eigenvalue weighted by Crippen LogP contribution is 2.00. The zero-order valence-electron chi connectivity index (χ0n) is 9.52. The molecule has 0 aromatic carbocycles. The van der Waals surface area contributed by atoms with E-state index in [9.17, 15) is 4.79 Å². The molecular formula is C12H18N2O2. The molecule has 0 bridgehead atoms. The molecule has 0 spiro atoms. The summed E-state index contributed by atoms with van der Waals surface area (Å²) in [5, 5.41) is 11.6. The van der Waals surface area contributed by atoms with E-state index in [2.05, 4.69) is 10.3 Å². The minimum atomic E-state index is -0.486. The summed E-state index contributed by atoms with van der Waals surface area (Å²) in [4.78, 5) is 15.5. The monoisotopic (exact) mass is 222 g/mol. The van der Waals surface area contributed by atoms with Crippen molar-refractivity contribution in [2.45, 2.75) is 32.3 Å². The normalized spacial score (nSPS) is 12.1. The minimum Gasteiger partial charge on any atom is -0.392 e. The van der Waals surface area contributed by atoms with Crippen LogP contribution >= 0.6 is 0 Å². The van der Waals surface area contributed by atoms with Crippen LogP contribution in [0.15, 0.2) is 24.4 Å². The number of aliphatic hydroxyl groups excluding tert-OH is 1. The van der Waals surface area contributed by atoms with Crippen LogP contribution in [0.5, 0.6) is 0 Å². The van der Waals surface area contributed by atoms with Crippen LogP contribution in [0.1, 0.15) is 25.5 Å². The van der Waals surface area contributed by atoms with Crippen molar-refractivity contribution in [3.8, 4) is 0 Å². The molecule has 1 rings (SSSR count). The first-order chi connectivity index (χ1) is 7.68. The molecule has 1 aromatic heterocycles. The van der Waals surface area contributed by atoms with E-state index in [0.717, 1.165) is 18.5 Å². The number of rotatable bonds is 6. The van der Waals surface area contributed by atoms with E-state index >= 15 is 0 Å². The molecule has 0 saturated carbocycles. The first-order valence-electron chi connectivity index (χ1n) is 5.53. The number of carbonyl (C=O) groups is 1. The van der Waals surface area contributed by atoms with E-state index in [4.69, 9.17) is 5.11 Å². The molecule has 4 heteroatoms. The van der Waals surface area contributed by atoms with Crippen LogP contribution in [-0.2, 0) is 11.2 Å². The van der Waals surface area contributed by atoms with Gasteiger partial charge in [0.25, 0.3) is 0 Å². The summed E-state index contributed by atoms with van der Waals surface area (Å²) in [5.41, 5.74) is 1.01. The number of pyridine rings is 1. The predicted molar refractivity (Wildman–Crippen MR) is 61.9 cm³/mol. The van der Waals surface area contributed by atoms with Gasteiger partial charge < -0.3 is 10.4 Å². The van der Waals surface area contributed by atoms with Gasteiger partial charge in [-0.25, -0.2) is 0 Å². The lowest BCUT2D eigenvalue weighted by Gasteiger charge is -2.06. The largest absolute Gasteiger partial charge is 0.392 e. The summed E-state index contributed by atoms with van der Waals surface area (Å²) in [5.74, 6) is -0.0168. The Morgan fingerprint density at radius 3 is 3.00 bits per heavy atom. The van der Waals surface area contributed by atoms with Crippen molar-refractivity contribution in [2.75, 3.05) is 6.54 Å². The Bertz CT molecular complexity index is 312. The smallest absolute Gasteiger partial charge is 0.220 e. The van der Waals surface area contributed by atoms with Crippen molar-refractivity contribution in [2.24, 2.45) is 0 Å². The fourth-order valence-electron chi connectivity index (χ4n) is 1.33. The molecular weight excluding hydrogens is 204 g/mol. The van der Waals surface area contributed by atoms with Gasteiger partial charge in [-0.1, -0.05) is 6.07 Å². The number of hydrogen-bond acceptors (Lipinski definition) is 3. The summed E-state index contributed by atoms with van der Waals surface area (Å²) in [6.45, 7) is 1.97. The lowest BCUT2D eigenvalue weighted by Crippen LogP contribution is -2.30. The van der Waals surface area contributed by atoms with Crippen molar-refractivity contribution in [3.63, 3.8) is 0 Å². The number of carbonyl (C=O) groups excluding carboxylic acids is 1. The van der Waals surface area contributed by atoms with Gasteiger partial charge in [-0.3, -0.25) is 9.78 Å². The zero-order chi connectivity index (χ0) is 11.8. The van der Waals surface area contributed by atoms with E-state index in [-0.39, 0.29) is 5.91 Å². The lowest BCUT2D eigenvalue weighted by molar-refractivity contribution is -0.121. The maximum Gasteiger partial charge on any atom is 0.220 e. The SMILES string of the molecule is CC(O)CNC(=O)CCCc1ccccn1. The standard InChI is InChI=1S/C12H18N2O2/c1-10(15)9-14-12(16)7-4-6-11-5-2-3-8-13-11/h2-3,5,8,10,15H,4,6-7,9H2,1H3,(H,14,16). The highest BCUT2D eigenvalue weighted by atomic mass is 16.3. The van der Waals surface area contributed by atoms with Gasteiger partial charge in [0.2, 0.25) is 5.91 Å². The third kappa shape index (κ3) is 5.46. The fourth-order valence-corrected chi connectivity index (χ4v) is 1.33. The van der Waals surface area contributed by atoms with E-state index in [1.54, 1.807) is 13.1 Å². The van der Waals surface area contributed by atoms with Gasteiger partial charge in [0.1, 0.15) is 0 Å². The number of nitrogens with zero attached hydrogens (tertiary/aromatic N) is 1. The van der Waals surface area contributed by atoms with Gasteiger partial charge in [0.15, 0.2) is 0 Å². The van der Waals surface area contributed by atoms with Crippen molar-refractivity contribution >= 4 is 5.91 Å². The summed E-state index contributed by atoms with van der Waals surface area (Å²) in [6, 6.07) is 5.77. The second kappa shape index (κ2) is 6.95. The van der Waals surface area contributed by atoms with Gasteiger partial charge in [-0.05, 0) is 31.9 Å². The van der Waals surface area contributed by atoms with Gasteiger partial charge in [0, 0.05) is 24.9 Å². The fraction of sp³-hybridized carbons (Fsp3) is 0.500. The molecule has 16 heavy (non-hydrogen) atoms. The summed E-state index contributed by atoms with van der Waals surface area (Å²) in [7, 11) is 0. The minimum absolute atomic E-state index is 0.0168. The van der Waals surface area contributed by atoms with Gasteiger partial charge in [0.05, 0.1) is 6.10 Å². The van der Waals surface area contributed by atoms with Crippen LogP contribution < -0.4 is 5.32 Å². The van der Waals surface area contributed by atoms with Gasteiger partial charge in [-0.2, -0.15) is 0 Å². The predicted octanol–water partition coefficient (Wildman–Crippen LogP) is 0.901. The van der Waals surface area contributed by atoms with Crippen LogP contribution in [0.2, 0.25) is 0 Å². The number of aliphatic hydroxyl groups is 1. The summed E-state index contributed by atoms with van der Waals surface area (Å²) in [6.07, 6.45) is 3.33. The number of aromatic nitrogens is 1. The van der Waals surface area contributed by atoms with Crippen molar-refractivity contribution in [1.82, 2.24) is 10.3 Å². The van der Waals surface area contributed by atoms with Gasteiger partial charge >= 0.3 is 0 Å². The Hall–Kier alpha value is -1.42. The molecule has 0 aliphatic heterocycles. The van der Waals surface area contributed by atoms with Crippen LogP contribution in [0.4, 0.5) is 0 Å². The van der Waals surface area contributed by atoms with Crippen molar-refractivity contribution < 1.29 is 9.90 Å². The number of amides is 1. The van der Waals surface area contributed by atoms with E-state index in [1.807, 2.05) is 18.2 Å². The molecule has 0 fully saturated rings. The Kier molecular flexibility index (Phi) is 5.50. The molecule has 1 heterocycles. The molecule has 1 aromatic rings.